The van der Waals surface area contributed by atoms with E-state index in [0.717, 1.165) is 0 Å². The quantitative estimate of drug-likeness (QED) is 0.168. The maximum atomic E-state index is 12.1. The van der Waals surface area contributed by atoms with Crippen LogP contribution in [0.3, 0.4) is 0 Å². The average Bonchev–Trinajstić information content (AvgIpc) is 3.22. The second kappa shape index (κ2) is 11.7. The number of fused-ring (bicyclic) bond motifs is 1. The lowest BCUT2D eigenvalue weighted by molar-refractivity contribution is -0.790. The van der Waals surface area contributed by atoms with Gasteiger partial charge in [0.1, 0.15) is 24.9 Å². The monoisotopic (exact) mass is 472 g/mol. The molecule has 0 N–H and O–H groups in total. The van der Waals surface area contributed by atoms with Crippen molar-refractivity contribution < 1.29 is 53.1 Å². The van der Waals surface area contributed by atoms with Gasteiger partial charge in [-0.2, -0.15) is 0 Å². The van der Waals surface area contributed by atoms with Crippen molar-refractivity contribution in [1.29, 1.82) is 0 Å². The van der Waals surface area contributed by atoms with Crippen LogP contribution in [-0.2, 0) is 38.2 Å². The lowest BCUT2D eigenvalue weighted by Crippen LogP contribution is -2.36. The predicted octanol–water partition coefficient (Wildman–Crippen LogP) is 0.758. The van der Waals surface area contributed by atoms with Gasteiger partial charge in [-0.25, -0.2) is 4.79 Å². The molecule has 2 fully saturated rings. The summed E-state index contributed by atoms with van der Waals surface area (Å²) in [5.74, 6) is -0.632. The summed E-state index contributed by atoms with van der Waals surface area (Å²) in [7, 11) is 0. The minimum absolute atomic E-state index is 0.0194. The fourth-order valence-corrected chi connectivity index (χ4v) is 3.12. The Hall–Kier alpha value is -2.65. The summed E-state index contributed by atoms with van der Waals surface area (Å²) in [6.07, 6.45) is -5.06. The Morgan fingerprint density at radius 3 is 2.26 bits per heavy atom. The lowest BCUT2D eigenvalue weighted by Gasteiger charge is -2.17. The van der Waals surface area contributed by atoms with E-state index >= 15 is 0 Å². The smallest absolute Gasteiger partial charge is 0.457 e. The lowest BCUT2D eigenvalue weighted by atomic mass is 10.1. The van der Waals surface area contributed by atoms with Crippen molar-refractivity contribution in [2.24, 2.45) is 0 Å². The molecule has 2 heterocycles. The van der Waals surface area contributed by atoms with Crippen molar-refractivity contribution in [1.82, 2.24) is 0 Å². The summed E-state index contributed by atoms with van der Waals surface area (Å²) in [6.45, 7) is 0.833. The number of carbonyl (C=O) groups excluding carboxylic acids is 2. The molecule has 0 radical (unpaired) electrons. The molecule has 2 saturated heterocycles. The first-order valence-corrected chi connectivity index (χ1v) is 9.61. The number of nitrogens with zero attached hydrogens (tertiary/aromatic N) is 2. The van der Waals surface area contributed by atoms with Crippen molar-refractivity contribution in [3.63, 3.8) is 0 Å². The van der Waals surface area contributed by atoms with Gasteiger partial charge in [0.05, 0.1) is 13.2 Å². The van der Waals surface area contributed by atoms with E-state index < -0.39 is 65.0 Å². The Morgan fingerprint density at radius 1 is 1.10 bits per heavy atom. The number of alkyl halides is 1. The summed E-state index contributed by atoms with van der Waals surface area (Å²) in [5.41, 5.74) is -0.870. The molecule has 2 aliphatic heterocycles. The average molecular weight is 473 g/mol. The Bertz CT molecular complexity index is 663. The van der Waals surface area contributed by atoms with Crippen molar-refractivity contribution >= 4 is 23.7 Å². The van der Waals surface area contributed by atoms with E-state index in [1.54, 1.807) is 0 Å². The standard InChI is InChI=1S/C15H21ClN2O13/c1-8(16)28-15(20)30-11-7-26-13-10(6-25-14(11)13)29-12(19)4-2-3-9(31-18(23)24)5-27-17(21)22/h8-11,13-14H,2-7H2,1H3. The second-order valence-electron chi connectivity index (χ2n) is 6.55. The Labute approximate surface area is 179 Å². The van der Waals surface area contributed by atoms with Crippen LogP contribution in [0.25, 0.3) is 0 Å². The van der Waals surface area contributed by atoms with Crippen molar-refractivity contribution in [3.8, 4) is 0 Å². The highest BCUT2D eigenvalue weighted by Gasteiger charge is 2.51. The largest absolute Gasteiger partial charge is 0.510 e. The zero-order chi connectivity index (χ0) is 23.0. The summed E-state index contributed by atoms with van der Waals surface area (Å²) in [4.78, 5) is 52.6. The van der Waals surface area contributed by atoms with Gasteiger partial charge in [-0.1, -0.05) is 11.6 Å². The first kappa shape index (κ1) is 24.6. The third-order valence-electron chi connectivity index (χ3n) is 4.26. The van der Waals surface area contributed by atoms with Crippen molar-refractivity contribution in [2.45, 2.75) is 62.3 Å². The fraction of sp³-hybridized carbons (Fsp3) is 0.867. The Kier molecular flexibility index (Phi) is 9.26. The molecule has 0 spiro atoms. The topological polar surface area (TPSA) is 185 Å². The molecule has 6 unspecified atom stereocenters. The van der Waals surface area contributed by atoms with E-state index in [1.165, 1.54) is 6.92 Å². The number of ether oxygens (including phenoxy) is 5. The van der Waals surface area contributed by atoms with Crippen LogP contribution in [0.1, 0.15) is 26.2 Å². The van der Waals surface area contributed by atoms with Gasteiger partial charge >= 0.3 is 12.1 Å². The predicted molar refractivity (Wildman–Crippen MR) is 94.7 cm³/mol. The molecule has 15 nitrogen and oxygen atoms in total. The Balaban J connectivity index is 1.73. The summed E-state index contributed by atoms with van der Waals surface area (Å²) >= 11 is 5.55. The van der Waals surface area contributed by atoms with E-state index in [2.05, 4.69) is 14.4 Å². The maximum absolute atomic E-state index is 12.1. The van der Waals surface area contributed by atoms with Crippen LogP contribution in [0, 0.1) is 20.2 Å². The van der Waals surface area contributed by atoms with Crippen molar-refractivity contribution in [3.05, 3.63) is 20.2 Å². The van der Waals surface area contributed by atoms with Crippen LogP contribution in [0.2, 0.25) is 0 Å². The number of carbonyl (C=O) groups is 2. The van der Waals surface area contributed by atoms with Crippen LogP contribution in [0.5, 0.6) is 0 Å². The van der Waals surface area contributed by atoms with Gasteiger partial charge in [-0.05, 0) is 19.8 Å². The first-order valence-electron chi connectivity index (χ1n) is 9.18. The molecule has 0 aromatic heterocycles. The van der Waals surface area contributed by atoms with Gasteiger partial charge in [-0.15, -0.1) is 20.2 Å². The number of halogens is 1. The van der Waals surface area contributed by atoms with E-state index in [1.807, 2.05) is 0 Å². The fourth-order valence-electron chi connectivity index (χ4n) is 3.05. The van der Waals surface area contributed by atoms with E-state index in [9.17, 15) is 29.8 Å². The van der Waals surface area contributed by atoms with Crippen LogP contribution in [-0.4, -0.2) is 78.2 Å². The Morgan fingerprint density at radius 2 is 1.71 bits per heavy atom. The minimum atomic E-state index is -1.21. The van der Waals surface area contributed by atoms with Gasteiger partial charge < -0.3 is 33.4 Å². The van der Waals surface area contributed by atoms with Gasteiger partial charge in [0.15, 0.2) is 17.8 Å². The van der Waals surface area contributed by atoms with Gasteiger partial charge in [0, 0.05) is 6.42 Å². The number of esters is 1. The van der Waals surface area contributed by atoms with Crippen LogP contribution >= 0.6 is 11.6 Å². The number of rotatable bonds is 12. The molecule has 0 aliphatic carbocycles. The van der Waals surface area contributed by atoms with E-state index in [-0.39, 0.29) is 32.5 Å². The second-order valence-corrected chi connectivity index (χ2v) is 7.17. The third-order valence-corrected chi connectivity index (χ3v) is 4.35. The zero-order valence-electron chi connectivity index (χ0n) is 16.3. The molecule has 0 saturated carbocycles. The molecule has 0 aromatic carbocycles. The van der Waals surface area contributed by atoms with Gasteiger partial charge in [0.25, 0.3) is 10.2 Å². The minimum Gasteiger partial charge on any atom is -0.457 e. The summed E-state index contributed by atoms with van der Waals surface area (Å²) < 4.78 is 26.1. The normalized spacial score (nSPS) is 26.3. The highest BCUT2D eigenvalue weighted by atomic mass is 35.5. The number of hydrogen-bond donors (Lipinski definition) is 0. The molecule has 31 heavy (non-hydrogen) atoms. The van der Waals surface area contributed by atoms with Crippen molar-refractivity contribution in [2.75, 3.05) is 19.8 Å². The molecule has 16 heteroatoms. The van der Waals surface area contributed by atoms with Gasteiger partial charge in [-0.3, -0.25) is 4.79 Å². The molecule has 2 rings (SSSR count). The molecular formula is C15H21ClN2O13. The highest BCUT2D eigenvalue weighted by Crippen LogP contribution is 2.31. The van der Waals surface area contributed by atoms with E-state index in [0.29, 0.717) is 0 Å². The number of hydrogen-bond acceptors (Lipinski definition) is 13. The van der Waals surface area contributed by atoms with Crippen LogP contribution < -0.4 is 0 Å². The first-order chi connectivity index (χ1) is 14.7. The molecule has 0 amide bonds. The van der Waals surface area contributed by atoms with Crippen LogP contribution in [0.15, 0.2) is 0 Å². The highest BCUT2D eigenvalue weighted by molar-refractivity contribution is 6.19. The zero-order valence-corrected chi connectivity index (χ0v) is 17.0. The molecule has 176 valence electrons. The molecular weight excluding hydrogens is 452 g/mol. The molecule has 6 atom stereocenters. The molecule has 0 bridgehead atoms. The van der Waals surface area contributed by atoms with Crippen LogP contribution in [0.4, 0.5) is 4.79 Å². The molecule has 2 aliphatic rings. The maximum Gasteiger partial charge on any atom is 0.510 e. The van der Waals surface area contributed by atoms with Gasteiger partial charge in [0.2, 0.25) is 0 Å². The molecule has 0 aromatic rings. The SMILES string of the molecule is CC(Cl)OC(=O)OC1COC2C(OC(=O)CCCC(CO[N+](=O)[O-])O[N+](=O)[O-])COC12. The third kappa shape index (κ3) is 8.18. The van der Waals surface area contributed by atoms with E-state index in [4.69, 9.17) is 30.5 Å². The summed E-state index contributed by atoms with van der Waals surface area (Å²) in [6, 6.07) is 0. The summed E-state index contributed by atoms with van der Waals surface area (Å²) in [5, 5.41) is 18.4.